The molecule has 7 heteroatoms. The van der Waals surface area contributed by atoms with Gasteiger partial charge in [-0.15, -0.1) is 0 Å². The van der Waals surface area contributed by atoms with E-state index in [-0.39, 0.29) is 0 Å². The van der Waals surface area contributed by atoms with Crippen molar-refractivity contribution in [2.45, 2.75) is 63.8 Å². The van der Waals surface area contributed by atoms with E-state index in [0.717, 1.165) is 34.3 Å². The first kappa shape index (κ1) is 22.3. The number of benzene rings is 2. The molecule has 1 amide bonds. The van der Waals surface area contributed by atoms with Crippen molar-refractivity contribution < 1.29 is 9.21 Å². The van der Waals surface area contributed by atoms with Gasteiger partial charge in [-0.1, -0.05) is 49.9 Å². The van der Waals surface area contributed by atoms with Crippen molar-refractivity contribution in [2.24, 2.45) is 5.92 Å². The summed E-state index contributed by atoms with van der Waals surface area (Å²) in [6, 6.07) is 16.1. The number of carbonyl (C=O) groups excluding carboxylic acids is 1. The van der Waals surface area contributed by atoms with Crippen molar-refractivity contribution in [1.82, 2.24) is 25.7 Å². The van der Waals surface area contributed by atoms with Crippen molar-refractivity contribution in [2.75, 3.05) is 0 Å². The lowest BCUT2D eigenvalue weighted by Crippen LogP contribution is -2.33. The van der Waals surface area contributed by atoms with Crippen molar-refractivity contribution in [3.8, 4) is 22.7 Å². The average molecular weight is 458 g/mol. The van der Waals surface area contributed by atoms with Crippen LogP contribution in [0.2, 0.25) is 0 Å². The van der Waals surface area contributed by atoms with Crippen LogP contribution in [0.25, 0.3) is 33.8 Å². The molecule has 0 unspecified atom stereocenters. The summed E-state index contributed by atoms with van der Waals surface area (Å²) >= 11 is 0. The number of nitrogens with zero attached hydrogens (tertiary/aromatic N) is 3. The van der Waals surface area contributed by atoms with Gasteiger partial charge in [-0.3, -0.25) is 4.79 Å². The molecular formula is C27H31N5O2. The Hall–Kier alpha value is -3.48. The highest BCUT2D eigenvalue weighted by molar-refractivity contribution is 5.77. The van der Waals surface area contributed by atoms with Crippen LogP contribution in [0, 0.1) is 5.92 Å². The topological polar surface area (TPSA) is 96.7 Å². The predicted octanol–water partition coefficient (Wildman–Crippen LogP) is 5.91. The molecule has 2 N–H and O–H groups in total. The van der Waals surface area contributed by atoms with Crippen LogP contribution in [-0.4, -0.2) is 32.3 Å². The van der Waals surface area contributed by atoms with E-state index in [2.05, 4.69) is 25.7 Å². The van der Waals surface area contributed by atoms with Gasteiger partial charge in [0.05, 0.1) is 6.20 Å². The molecule has 0 saturated heterocycles. The lowest BCUT2D eigenvalue weighted by atomic mass is 10.0. The lowest BCUT2D eigenvalue weighted by molar-refractivity contribution is -0.122. The molecule has 0 bridgehead atoms. The Balaban J connectivity index is 0.000000152. The summed E-state index contributed by atoms with van der Waals surface area (Å²) in [5, 5.41) is 13.6. The number of fused-ring (bicyclic) bond motifs is 1. The zero-order valence-electron chi connectivity index (χ0n) is 19.4. The molecule has 0 radical (unpaired) electrons. The predicted molar refractivity (Wildman–Crippen MR) is 132 cm³/mol. The van der Waals surface area contributed by atoms with E-state index < -0.39 is 0 Å². The first-order valence-electron chi connectivity index (χ1n) is 12.4. The molecule has 6 rings (SSSR count). The number of H-pyrrole nitrogens is 1. The third-order valence-corrected chi connectivity index (χ3v) is 6.81. The van der Waals surface area contributed by atoms with Crippen molar-refractivity contribution >= 4 is 17.0 Å². The Morgan fingerprint density at radius 1 is 0.941 bits per heavy atom. The second-order valence-corrected chi connectivity index (χ2v) is 9.32. The zero-order chi connectivity index (χ0) is 23.2. The van der Waals surface area contributed by atoms with Crippen LogP contribution in [-0.2, 0) is 4.79 Å². The van der Waals surface area contributed by atoms with Crippen LogP contribution in [0.3, 0.4) is 0 Å². The van der Waals surface area contributed by atoms with E-state index in [9.17, 15) is 4.79 Å². The first-order chi connectivity index (χ1) is 16.7. The van der Waals surface area contributed by atoms with Gasteiger partial charge in [0.15, 0.2) is 5.58 Å². The van der Waals surface area contributed by atoms with Crippen LogP contribution in [0.5, 0.6) is 0 Å². The van der Waals surface area contributed by atoms with Crippen molar-refractivity contribution in [3.05, 3.63) is 54.7 Å². The molecule has 34 heavy (non-hydrogen) atoms. The van der Waals surface area contributed by atoms with Crippen LogP contribution in [0.4, 0.5) is 0 Å². The molecular weight excluding hydrogens is 426 g/mol. The van der Waals surface area contributed by atoms with Gasteiger partial charge in [0, 0.05) is 23.6 Å². The summed E-state index contributed by atoms with van der Waals surface area (Å²) in [5.74, 6) is 1.62. The van der Waals surface area contributed by atoms with Gasteiger partial charge in [0.1, 0.15) is 11.2 Å². The summed E-state index contributed by atoms with van der Waals surface area (Å²) < 4.78 is 5.74. The minimum Gasteiger partial charge on any atom is -0.436 e. The lowest BCUT2D eigenvalue weighted by Gasteiger charge is -2.14. The van der Waals surface area contributed by atoms with E-state index in [1.54, 1.807) is 6.20 Å². The summed E-state index contributed by atoms with van der Waals surface area (Å²) in [7, 11) is 0. The SMILES string of the molecule is O=C(CC1CCCC1)NC1CCCC1.c1ccc2oc(-c3ccc(-c4cn[nH]n4)cc3)nc2c1. The molecule has 2 aromatic carbocycles. The van der Waals surface area contributed by atoms with E-state index in [1.807, 2.05) is 48.5 Å². The molecule has 0 aliphatic heterocycles. The van der Waals surface area contributed by atoms with E-state index in [0.29, 0.717) is 23.8 Å². The number of hydrogen-bond acceptors (Lipinski definition) is 5. The minimum atomic E-state index is 0.309. The number of rotatable bonds is 5. The highest BCUT2D eigenvalue weighted by atomic mass is 16.3. The summed E-state index contributed by atoms with van der Waals surface area (Å²) in [6.45, 7) is 0. The molecule has 176 valence electrons. The third kappa shape index (κ3) is 5.53. The Kier molecular flexibility index (Phi) is 6.98. The van der Waals surface area contributed by atoms with E-state index >= 15 is 0 Å². The fourth-order valence-electron chi connectivity index (χ4n) is 4.95. The molecule has 2 aromatic heterocycles. The maximum absolute atomic E-state index is 11.6. The van der Waals surface area contributed by atoms with E-state index in [4.69, 9.17) is 4.42 Å². The number of amides is 1. The quantitative estimate of drug-likeness (QED) is 0.389. The standard InChI is InChI=1S/C15H10N4O.C12H21NO/c1-2-4-14-12(3-1)17-15(20-14)11-7-5-10(6-8-11)13-9-16-19-18-13;14-12(9-10-5-1-2-6-10)13-11-7-3-4-8-11/h1-9H,(H,16,18,19);10-11H,1-9H2,(H,13,14). The Bertz CT molecular complexity index is 1130. The Morgan fingerprint density at radius 3 is 2.35 bits per heavy atom. The minimum absolute atomic E-state index is 0.309. The van der Waals surface area contributed by atoms with Crippen molar-refractivity contribution in [3.63, 3.8) is 0 Å². The molecule has 2 saturated carbocycles. The van der Waals surface area contributed by atoms with Gasteiger partial charge in [0.2, 0.25) is 11.8 Å². The van der Waals surface area contributed by atoms with Gasteiger partial charge in [-0.05, 0) is 55.9 Å². The number of aromatic amines is 1. The summed E-state index contributed by atoms with van der Waals surface area (Å²) in [5.41, 5.74) is 4.41. The van der Waals surface area contributed by atoms with Crippen LogP contribution in [0.15, 0.2) is 59.1 Å². The maximum Gasteiger partial charge on any atom is 0.227 e. The molecule has 2 fully saturated rings. The van der Waals surface area contributed by atoms with Gasteiger partial charge in [0.25, 0.3) is 0 Å². The summed E-state index contributed by atoms with van der Waals surface area (Å²) in [4.78, 5) is 16.1. The number of hydrogen-bond donors (Lipinski definition) is 2. The number of nitrogens with one attached hydrogen (secondary N) is 2. The third-order valence-electron chi connectivity index (χ3n) is 6.81. The van der Waals surface area contributed by atoms with Crippen molar-refractivity contribution in [1.29, 1.82) is 0 Å². The number of aromatic nitrogens is 4. The fraction of sp³-hybridized carbons (Fsp3) is 0.407. The molecule has 0 spiro atoms. The van der Waals surface area contributed by atoms with Crippen LogP contribution >= 0.6 is 0 Å². The number of oxazole rings is 1. The number of para-hydroxylation sites is 2. The van der Waals surface area contributed by atoms with Gasteiger partial charge in [-0.25, -0.2) is 4.98 Å². The molecule has 2 aliphatic rings. The highest BCUT2D eigenvalue weighted by Gasteiger charge is 2.21. The molecule has 0 atom stereocenters. The fourth-order valence-corrected chi connectivity index (χ4v) is 4.95. The molecule has 4 aromatic rings. The molecule has 2 aliphatic carbocycles. The number of carbonyl (C=O) groups is 1. The second-order valence-electron chi connectivity index (χ2n) is 9.32. The summed E-state index contributed by atoms with van der Waals surface area (Å²) in [6.07, 6.45) is 12.7. The highest BCUT2D eigenvalue weighted by Crippen LogP contribution is 2.28. The molecule has 2 heterocycles. The van der Waals surface area contributed by atoms with Crippen LogP contribution < -0.4 is 5.32 Å². The van der Waals surface area contributed by atoms with E-state index in [1.165, 1.54) is 51.4 Å². The Morgan fingerprint density at radius 2 is 1.65 bits per heavy atom. The molecule has 7 nitrogen and oxygen atoms in total. The second kappa shape index (κ2) is 10.6. The van der Waals surface area contributed by atoms with Gasteiger partial charge >= 0.3 is 0 Å². The largest absolute Gasteiger partial charge is 0.436 e. The maximum atomic E-state index is 11.6. The van der Waals surface area contributed by atoms with Gasteiger partial charge < -0.3 is 9.73 Å². The zero-order valence-corrected chi connectivity index (χ0v) is 19.4. The smallest absolute Gasteiger partial charge is 0.227 e. The normalized spacial score (nSPS) is 16.5. The monoisotopic (exact) mass is 457 g/mol. The Labute approximate surface area is 199 Å². The average Bonchev–Trinajstić information content (AvgIpc) is 3.67. The van der Waals surface area contributed by atoms with Gasteiger partial charge in [-0.2, -0.15) is 15.4 Å². The first-order valence-corrected chi connectivity index (χ1v) is 12.4. The van der Waals surface area contributed by atoms with Crippen LogP contribution in [0.1, 0.15) is 57.8 Å².